The van der Waals surface area contributed by atoms with Crippen LogP contribution in [0.25, 0.3) is 0 Å². The van der Waals surface area contributed by atoms with Gasteiger partial charge in [0.2, 0.25) is 0 Å². The molecule has 3 heteroatoms. The summed E-state index contributed by atoms with van der Waals surface area (Å²) in [4.78, 5) is 0. The largest absolute Gasteiger partial charge is 0.497 e. The smallest absolute Gasteiger partial charge is 0.141 e. The molecule has 0 amide bonds. The molecule has 1 aliphatic carbocycles. The molecule has 0 spiro atoms. The molecule has 1 fully saturated rings. The average Bonchev–Trinajstić information content (AvgIpc) is 2.47. The fourth-order valence-corrected chi connectivity index (χ4v) is 3.23. The van der Waals surface area contributed by atoms with Crippen molar-refractivity contribution in [2.24, 2.45) is 17.8 Å². The van der Waals surface area contributed by atoms with Gasteiger partial charge in [0, 0.05) is 6.07 Å². The standard InChI is InChI=1S/C18H25NO2/c1-12(2)16-8-5-13(3)9-18(16)21-17-10-15(20-4)7-6-14(17)11-19/h6-7,10,12-13,16,18H,5,8-9H2,1-4H3. The van der Waals surface area contributed by atoms with Crippen LogP contribution >= 0.6 is 0 Å². The average molecular weight is 287 g/mol. The molecule has 1 aromatic carbocycles. The number of ether oxygens (including phenoxy) is 2. The van der Waals surface area contributed by atoms with Crippen LogP contribution in [0.5, 0.6) is 11.5 Å². The Balaban J connectivity index is 2.24. The summed E-state index contributed by atoms with van der Waals surface area (Å²) in [5.41, 5.74) is 0.580. The maximum absolute atomic E-state index is 9.27. The summed E-state index contributed by atoms with van der Waals surface area (Å²) in [7, 11) is 1.63. The van der Waals surface area contributed by atoms with E-state index in [9.17, 15) is 5.26 Å². The maximum atomic E-state index is 9.27. The van der Waals surface area contributed by atoms with Crippen molar-refractivity contribution in [3.8, 4) is 17.6 Å². The van der Waals surface area contributed by atoms with Crippen molar-refractivity contribution in [3.63, 3.8) is 0 Å². The molecule has 0 heterocycles. The fourth-order valence-electron chi connectivity index (χ4n) is 3.23. The van der Waals surface area contributed by atoms with Gasteiger partial charge in [0.05, 0.1) is 12.7 Å². The summed E-state index contributed by atoms with van der Waals surface area (Å²) in [5, 5.41) is 9.27. The summed E-state index contributed by atoms with van der Waals surface area (Å²) < 4.78 is 11.5. The lowest BCUT2D eigenvalue weighted by Crippen LogP contribution is -2.36. The highest BCUT2D eigenvalue weighted by Gasteiger charge is 2.32. The van der Waals surface area contributed by atoms with Crippen LogP contribution in [0.1, 0.15) is 45.6 Å². The van der Waals surface area contributed by atoms with Gasteiger partial charge in [-0.15, -0.1) is 0 Å². The van der Waals surface area contributed by atoms with Crippen LogP contribution in [0.3, 0.4) is 0 Å². The molecule has 0 bridgehead atoms. The molecule has 2 rings (SSSR count). The van der Waals surface area contributed by atoms with Gasteiger partial charge in [0.1, 0.15) is 23.7 Å². The highest BCUT2D eigenvalue weighted by atomic mass is 16.5. The number of methoxy groups -OCH3 is 1. The first kappa shape index (κ1) is 15.7. The lowest BCUT2D eigenvalue weighted by Gasteiger charge is -2.37. The third-order valence-corrected chi connectivity index (χ3v) is 4.55. The van der Waals surface area contributed by atoms with Crippen LogP contribution in [-0.2, 0) is 0 Å². The van der Waals surface area contributed by atoms with Crippen LogP contribution < -0.4 is 9.47 Å². The number of rotatable bonds is 4. The van der Waals surface area contributed by atoms with Gasteiger partial charge in [-0.2, -0.15) is 5.26 Å². The van der Waals surface area contributed by atoms with E-state index in [1.54, 1.807) is 19.2 Å². The number of hydrogen-bond acceptors (Lipinski definition) is 3. The fraction of sp³-hybridized carbons (Fsp3) is 0.611. The number of hydrogen-bond donors (Lipinski definition) is 0. The van der Waals surface area contributed by atoms with E-state index in [-0.39, 0.29) is 6.10 Å². The number of nitriles is 1. The minimum atomic E-state index is 0.188. The van der Waals surface area contributed by atoms with Crippen LogP contribution in [0.15, 0.2) is 18.2 Å². The molecule has 0 aromatic heterocycles. The second kappa shape index (κ2) is 6.85. The summed E-state index contributed by atoms with van der Waals surface area (Å²) in [6.07, 6.45) is 3.72. The van der Waals surface area contributed by atoms with Gasteiger partial charge in [-0.25, -0.2) is 0 Å². The monoisotopic (exact) mass is 287 g/mol. The lowest BCUT2D eigenvalue weighted by molar-refractivity contribution is 0.0456. The predicted octanol–water partition coefficient (Wildman–Crippen LogP) is 4.41. The Labute approximate surface area is 127 Å². The first-order valence-electron chi connectivity index (χ1n) is 7.80. The van der Waals surface area contributed by atoms with Crippen molar-refractivity contribution in [2.45, 2.75) is 46.1 Å². The molecule has 0 radical (unpaired) electrons. The van der Waals surface area contributed by atoms with Crippen molar-refractivity contribution in [2.75, 3.05) is 7.11 Å². The van der Waals surface area contributed by atoms with Crippen molar-refractivity contribution >= 4 is 0 Å². The van der Waals surface area contributed by atoms with Crippen molar-refractivity contribution in [1.29, 1.82) is 5.26 Å². The first-order chi connectivity index (χ1) is 10.0. The van der Waals surface area contributed by atoms with Gasteiger partial charge < -0.3 is 9.47 Å². The van der Waals surface area contributed by atoms with Gasteiger partial charge >= 0.3 is 0 Å². The minimum absolute atomic E-state index is 0.188. The number of nitrogens with zero attached hydrogens (tertiary/aromatic N) is 1. The first-order valence-corrected chi connectivity index (χ1v) is 7.80. The van der Waals surface area contributed by atoms with E-state index >= 15 is 0 Å². The Hall–Kier alpha value is -1.69. The summed E-state index contributed by atoms with van der Waals surface area (Å²) in [5.74, 6) is 3.22. The molecule has 3 atom stereocenters. The third-order valence-electron chi connectivity index (χ3n) is 4.55. The van der Waals surface area contributed by atoms with E-state index in [4.69, 9.17) is 9.47 Å². The lowest BCUT2D eigenvalue weighted by atomic mass is 9.75. The Morgan fingerprint density at radius 1 is 1.29 bits per heavy atom. The van der Waals surface area contributed by atoms with E-state index < -0.39 is 0 Å². The molecular formula is C18H25NO2. The van der Waals surface area contributed by atoms with E-state index in [2.05, 4.69) is 26.8 Å². The van der Waals surface area contributed by atoms with Crippen molar-refractivity contribution in [1.82, 2.24) is 0 Å². The zero-order valence-electron chi connectivity index (χ0n) is 13.4. The summed E-state index contributed by atoms with van der Waals surface area (Å²) >= 11 is 0. The molecule has 3 nitrogen and oxygen atoms in total. The normalized spacial score (nSPS) is 25.4. The molecular weight excluding hydrogens is 262 g/mol. The summed E-state index contributed by atoms with van der Waals surface area (Å²) in [6.45, 7) is 6.80. The molecule has 114 valence electrons. The molecule has 21 heavy (non-hydrogen) atoms. The molecule has 1 aliphatic rings. The van der Waals surface area contributed by atoms with Crippen LogP contribution in [-0.4, -0.2) is 13.2 Å². The van der Waals surface area contributed by atoms with Crippen molar-refractivity contribution in [3.05, 3.63) is 23.8 Å². The second-order valence-electron chi connectivity index (χ2n) is 6.46. The minimum Gasteiger partial charge on any atom is -0.497 e. The Bertz CT molecular complexity index is 518. The van der Waals surface area contributed by atoms with E-state index in [0.717, 1.165) is 12.2 Å². The van der Waals surface area contributed by atoms with Gasteiger partial charge in [-0.1, -0.05) is 27.2 Å². The van der Waals surface area contributed by atoms with E-state index in [1.165, 1.54) is 12.8 Å². The Morgan fingerprint density at radius 3 is 2.67 bits per heavy atom. The topological polar surface area (TPSA) is 42.2 Å². The van der Waals surface area contributed by atoms with Crippen LogP contribution in [0, 0.1) is 29.1 Å². The SMILES string of the molecule is COc1ccc(C#N)c(OC2CC(C)CCC2C(C)C)c1. The zero-order chi connectivity index (χ0) is 15.4. The summed E-state index contributed by atoms with van der Waals surface area (Å²) in [6, 6.07) is 7.61. The van der Waals surface area contributed by atoms with Gasteiger partial charge in [-0.05, 0) is 42.7 Å². The van der Waals surface area contributed by atoms with Gasteiger partial charge in [-0.3, -0.25) is 0 Å². The molecule has 0 N–H and O–H groups in total. The molecule has 3 unspecified atom stereocenters. The molecule has 1 saturated carbocycles. The zero-order valence-corrected chi connectivity index (χ0v) is 13.4. The highest BCUT2D eigenvalue weighted by Crippen LogP contribution is 2.37. The Morgan fingerprint density at radius 2 is 2.05 bits per heavy atom. The second-order valence-corrected chi connectivity index (χ2v) is 6.46. The van der Waals surface area contributed by atoms with Gasteiger partial charge in [0.25, 0.3) is 0 Å². The number of benzene rings is 1. The molecule has 1 aromatic rings. The Kier molecular flexibility index (Phi) is 5.12. The van der Waals surface area contributed by atoms with E-state index in [1.807, 2.05) is 6.07 Å². The molecule has 0 saturated heterocycles. The third kappa shape index (κ3) is 3.69. The van der Waals surface area contributed by atoms with Crippen molar-refractivity contribution < 1.29 is 9.47 Å². The van der Waals surface area contributed by atoms with Crippen LogP contribution in [0.4, 0.5) is 0 Å². The highest BCUT2D eigenvalue weighted by molar-refractivity contribution is 5.47. The quantitative estimate of drug-likeness (QED) is 0.824. The maximum Gasteiger partial charge on any atom is 0.141 e. The van der Waals surface area contributed by atoms with E-state index in [0.29, 0.717) is 29.1 Å². The van der Waals surface area contributed by atoms with Crippen LogP contribution in [0.2, 0.25) is 0 Å². The van der Waals surface area contributed by atoms with Gasteiger partial charge in [0.15, 0.2) is 0 Å². The predicted molar refractivity (Wildman–Crippen MR) is 83.5 cm³/mol. The molecule has 0 aliphatic heterocycles.